The predicted molar refractivity (Wildman–Crippen MR) is 55.5 cm³/mol. The van der Waals surface area contributed by atoms with Crippen LogP contribution < -0.4 is 5.32 Å². The molecule has 1 saturated heterocycles. The smallest absolute Gasteiger partial charge is 0.416 e. The van der Waals surface area contributed by atoms with Gasteiger partial charge in [0.1, 0.15) is 14.5 Å². The molecule has 0 aromatic rings. The van der Waals surface area contributed by atoms with Crippen LogP contribution in [0.3, 0.4) is 0 Å². The van der Waals surface area contributed by atoms with Crippen LogP contribution in [0.15, 0.2) is 0 Å². The van der Waals surface area contributed by atoms with E-state index in [1.165, 1.54) is 0 Å². The van der Waals surface area contributed by atoms with Crippen LogP contribution in [0.4, 0.5) is 9.59 Å². The molecule has 1 unspecified atom stereocenters. The number of carbonyl (C=O) groups excluding carboxylic acids is 3. The summed E-state index contributed by atoms with van der Waals surface area (Å²) in [4.78, 5) is 33.8. The highest BCUT2D eigenvalue weighted by molar-refractivity contribution is 7.39. The Bertz CT molecular complexity index is 299. The maximum atomic E-state index is 11.4. The van der Waals surface area contributed by atoms with Gasteiger partial charge >= 0.3 is 6.09 Å². The first-order valence-electron chi connectivity index (χ1n) is 4.30. The van der Waals surface area contributed by atoms with Crippen LogP contribution >= 0.6 is 9.24 Å². The number of imide groups is 1. The molecule has 0 aromatic heterocycles. The molecule has 0 spiro atoms. The number of carbonyl (C=O) groups is 3. The SMILES string of the molecule is [B][C@H]1COC(=O)N1C(=O)CCNC(=O)P. The number of amides is 3. The fourth-order valence-corrected chi connectivity index (χ4v) is 1.28. The molecule has 2 atom stereocenters. The van der Waals surface area contributed by atoms with E-state index in [1.807, 2.05) is 9.24 Å². The van der Waals surface area contributed by atoms with Crippen molar-refractivity contribution in [2.24, 2.45) is 0 Å². The first kappa shape index (κ1) is 12.0. The van der Waals surface area contributed by atoms with E-state index in [9.17, 15) is 14.4 Å². The summed E-state index contributed by atoms with van der Waals surface area (Å²) in [5.41, 5.74) is -0.309. The maximum absolute atomic E-state index is 11.4. The highest BCUT2D eigenvalue weighted by Gasteiger charge is 2.33. The number of cyclic esters (lactones) is 1. The minimum atomic E-state index is -0.732. The van der Waals surface area contributed by atoms with Crippen LogP contribution in [0.2, 0.25) is 0 Å². The van der Waals surface area contributed by atoms with Gasteiger partial charge in [-0.05, 0) is 9.24 Å². The number of hydrogen-bond acceptors (Lipinski definition) is 4. The lowest BCUT2D eigenvalue weighted by Crippen LogP contribution is -2.40. The lowest BCUT2D eigenvalue weighted by molar-refractivity contribution is -0.128. The summed E-state index contributed by atoms with van der Waals surface area (Å²) in [5.74, 6) is -1.18. The molecule has 80 valence electrons. The highest BCUT2D eigenvalue weighted by Crippen LogP contribution is 2.10. The molecular weight excluding hydrogens is 218 g/mol. The Kier molecular flexibility index (Phi) is 4.09. The van der Waals surface area contributed by atoms with Gasteiger partial charge in [0.05, 0.1) is 0 Å². The van der Waals surface area contributed by atoms with E-state index >= 15 is 0 Å². The van der Waals surface area contributed by atoms with Crippen molar-refractivity contribution in [3.05, 3.63) is 0 Å². The van der Waals surface area contributed by atoms with Gasteiger partial charge in [-0.2, -0.15) is 0 Å². The standard InChI is InChI=1S/C7H10BN2O4P/c8-4-3-14-7(13)10(4)5(11)1-2-9-6(12)15/h4H,1-3,15H2,(H,9,12)/t4-/m1/s1. The van der Waals surface area contributed by atoms with Crippen LogP contribution in [-0.4, -0.2) is 49.5 Å². The fraction of sp³-hybridized carbons (Fsp3) is 0.571. The Hall–Kier alpha value is -1.10. The van der Waals surface area contributed by atoms with E-state index in [0.717, 1.165) is 4.90 Å². The molecule has 1 N–H and O–H groups in total. The van der Waals surface area contributed by atoms with Crippen molar-refractivity contribution >= 4 is 34.7 Å². The molecule has 0 saturated carbocycles. The third kappa shape index (κ3) is 3.20. The minimum absolute atomic E-state index is 0.0144. The minimum Gasteiger partial charge on any atom is -0.448 e. The Morgan fingerprint density at radius 2 is 2.33 bits per heavy atom. The summed E-state index contributed by atoms with van der Waals surface area (Å²) < 4.78 is 4.58. The number of hydrogen-bond donors (Lipinski definition) is 1. The van der Waals surface area contributed by atoms with E-state index < -0.39 is 17.9 Å². The third-order valence-electron chi connectivity index (χ3n) is 1.81. The first-order valence-corrected chi connectivity index (χ1v) is 4.88. The summed E-state index contributed by atoms with van der Waals surface area (Å²) in [5, 5.41) is 2.41. The van der Waals surface area contributed by atoms with Crippen molar-refractivity contribution < 1.29 is 19.1 Å². The zero-order chi connectivity index (χ0) is 11.4. The van der Waals surface area contributed by atoms with Gasteiger partial charge in [-0.1, -0.05) is 0 Å². The van der Waals surface area contributed by atoms with Crippen molar-refractivity contribution in [3.8, 4) is 0 Å². The summed E-state index contributed by atoms with van der Waals surface area (Å²) in [6, 6.07) is 0. The molecule has 0 bridgehead atoms. The third-order valence-corrected chi connectivity index (χ3v) is 2.02. The van der Waals surface area contributed by atoms with Crippen molar-refractivity contribution in [3.63, 3.8) is 0 Å². The van der Waals surface area contributed by atoms with Gasteiger partial charge < -0.3 is 10.1 Å². The molecule has 3 amide bonds. The maximum Gasteiger partial charge on any atom is 0.416 e. The second-order valence-electron chi connectivity index (χ2n) is 2.95. The van der Waals surface area contributed by atoms with E-state index in [1.54, 1.807) is 0 Å². The molecule has 0 aliphatic carbocycles. The van der Waals surface area contributed by atoms with Gasteiger partial charge in [0, 0.05) is 18.9 Å². The van der Waals surface area contributed by atoms with Crippen molar-refractivity contribution in [2.75, 3.05) is 13.2 Å². The molecule has 2 radical (unpaired) electrons. The summed E-state index contributed by atoms with van der Waals surface area (Å²) in [6.45, 7) is 0.179. The largest absolute Gasteiger partial charge is 0.448 e. The second kappa shape index (κ2) is 5.12. The fourth-order valence-electron chi connectivity index (χ4n) is 1.14. The average Bonchev–Trinajstić information content (AvgIpc) is 2.45. The van der Waals surface area contributed by atoms with Gasteiger partial charge in [0.15, 0.2) is 0 Å². The molecule has 1 rings (SSSR count). The molecule has 8 heteroatoms. The lowest BCUT2D eigenvalue weighted by Gasteiger charge is -2.15. The molecule has 6 nitrogen and oxygen atoms in total. The molecule has 1 aliphatic heterocycles. The van der Waals surface area contributed by atoms with E-state index in [4.69, 9.17) is 7.85 Å². The van der Waals surface area contributed by atoms with Gasteiger partial charge in [-0.3, -0.25) is 14.5 Å². The molecule has 15 heavy (non-hydrogen) atoms. The summed E-state index contributed by atoms with van der Waals surface area (Å²) >= 11 is 0. The van der Waals surface area contributed by atoms with Crippen molar-refractivity contribution in [2.45, 2.75) is 12.4 Å². The van der Waals surface area contributed by atoms with E-state index in [-0.39, 0.29) is 25.2 Å². The van der Waals surface area contributed by atoms with Gasteiger partial charge in [-0.25, -0.2) is 4.79 Å². The quantitative estimate of drug-likeness (QED) is 0.518. The molecule has 1 fully saturated rings. The van der Waals surface area contributed by atoms with E-state index in [0.29, 0.717) is 0 Å². The Balaban J connectivity index is 2.39. The van der Waals surface area contributed by atoms with Crippen LogP contribution in [-0.2, 0) is 9.53 Å². The van der Waals surface area contributed by atoms with Gasteiger partial charge in [-0.15, -0.1) is 0 Å². The zero-order valence-electron chi connectivity index (χ0n) is 7.93. The number of nitrogens with one attached hydrogen (secondary N) is 1. The average molecular weight is 228 g/mol. The lowest BCUT2D eigenvalue weighted by atomic mass is 9.96. The topological polar surface area (TPSA) is 75.7 Å². The van der Waals surface area contributed by atoms with Crippen LogP contribution in [0, 0.1) is 0 Å². The van der Waals surface area contributed by atoms with Crippen LogP contribution in [0.1, 0.15) is 6.42 Å². The van der Waals surface area contributed by atoms with Crippen LogP contribution in [0.5, 0.6) is 0 Å². The normalized spacial score (nSPS) is 19.9. The Labute approximate surface area is 90.3 Å². The highest BCUT2D eigenvalue weighted by atomic mass is 31.0. The Morgan fingerprint density at radius 1 is 1.67 bits per heavy atom. The molecule has 1 aliphatic rings. The van der Waals surface area contributed by atoms with Crippen molar-refractivity contribution in [1.82, 2.24) is 10.2 Å². The van der Waals surface area contributed by atoms with Gasteiger partial charge in [0.25, 0.3) is 0 Å². The van der Waals surface area contributed by atoms with Gasteiger partial charge in [0.2, 0.25) is 11.6 Å². The molecular formula is C7H10BN2O4P. The Morgan fingerprint density at radius 3 is 2.80 bits per heavy atom. The number of rotatable bonds is 3. The van der Waals surface area contributed by atoms with E-state index in [2.05, 4.69) is 10.1 Å². The monoisotopic (exact) mass is 228 g/mol. The predicted octanol–water partition coefficient (Wildman–Crippen LogP) is -0.565. The zero-order valence-corrected chi connectivity index (χ0v) is 9.09. The summed E-state index contributed by atoms with van der Waals surface area (Å²) in [7, 11) is 7.39. The second-order valence-corrected chi connectivity index (χ2v) is 3.47. The molecule has 1 heterocycles. The van der Waals surface area contributed by atoms with Crippen LogP contribution in [0.25, 0.3) is 0 Å². The number of nitrogens with zero attached hydrogens (tertiary/aromatic N) is 1. The molecule has 0 aromatic carbocycles. The first-order chi connectivity index (χ1) is 7.02. The number of ether oxygens (including phenoxy) is 1. The van der Waals surface area contributed by atoms with Crippen molar-refractivity contribution in [1.29, 1.82) is 0 Å². The summed E-state index contributed by atoms with van der Waals surface area (Å²) in [6.07, 6.45) is -0.715.